The van der Waals surface area contributed by atoms with Crippen LogP contribution in [0.5, 0.6) is 0 Å². The first-order valence-corrected chi connectivity index (χ1v) is 8.66. The zero-order chi connectivity index (χ0) is 14.3. The first kappa shape index (κ1) is 13.5. The summed E-state index contributed by atoms with van der Waals surface area (Å²) in [6, 6.07) is 1.34. The maximum absolute atomic E-state index is 13.4. The predicted octanol–water partition coefficient (Wildman–Crippen LogP) is 3.20. The van der Waals surface area contributed by atoms with Crippen LogP contribution >= 0.6 is 30.3 Å². The third kappa shape index (κ3) is 2.20. The van der Waals surface area contributed by atoms with E-state index in [9.17, 15) is 8.78 Å². The van der Waals surface area contributed by atoms with Gasteiger partial charge in [0.05, 0.1) is 12.4 Å². The second-order valence-corrected chi connectivity index (χ2v) is 5.60. The Hall–Kier alpha value is -1.49. The Kier molecular flexibility index (Phi) is 3.46. The van der Waals surface area contributed by atoms with Crippen LogP contribution in [-0.4, -0.2) is 18.9 Å². The molecule has 102 valence electrons. The van der Waals surface area contributed by atoms with Crippen LogP contribution in [0.2, 0.25) is 0 Å². The van der Waals surface area contributed by atoms with Crippen LogP contribution in [-0.2, 0) is 0 Å². The number of rotatable bonds is 2. The Bertz CT molecular complexity index is 807. The van der Waals surface area contributed by atoms with Crippen molar-refractivity contribution in [1.29, 1.82) is 0 Å². The Morgan fingerprint density at radius 3 is 2.75 bits per heavy atom. The van der Waals surface area contributed by atoms with Crippen LogP contribution in [0, 0.1) is 11.6 Å². The second-order valence-electron chi connectivity index (χ2n) is 3.89. The quantitative estimate of drug-likeness (QED) is 0.664. The molecule has 3 aromatic heterocycles. The molecule has 3 heterocycles. The number of nitrogens with zero attached hydrogens (tertiary/aromatic N) is 4. The molecule has 0 aromatic carbocycles. The minimum absolute atomic E-state index is 0.227. The van der Waals surface area contributed by atoms with Gasteiger partial charge in [-0.2, -0.15) is 0 Å². The van der Waals surface area contributed by atoms with Gasteiger partial charge in [-0.1, -0.05) is 0 Å². The molecule has 0 unspecified atom stereocenters. The second kappa shape index (κ2) is 5.13. The molecule has 0 saturated heterocycles. The highest BCUT2D eigenvalue weighted by Gasteiger charge is 2.15. The van der Waals surface area contributed by atoms with Gasteiger partial charge in [-0.15, -0.1) is 0 Å². The number of aromatic nitrogens is 4. The van der Waals surface area contributed by atoms with E-state index >= 15 is 0 Å². The van der Waals surface area contributed by atoms with Crippen molar-refractivity contribution in [3.63, 3.8) is 0 Å². The summed E-state index contributed by atoms with van der Waals surface area (Å²) >= 11 is 2.08. The van der Waals surface area contributed by atoms with E-state index < -0.39 is 11.6 Å². The summed E-state index contributed by atoms with van der Waals surface area (Å²) in [5.41, 5.74) is 6.56. The first-order valence-electron chi connectivity index (χ1n) is 5.34. The molecule has 0 fully saturated rings. The SMILES string of the molecule is Nc1nc(-c2cn(SI)c3ncc(F)cc23)ncc1F. The van der Waals surface area contributed by atoms with E-state index in [2.05, 4.69) is 36.2 Å². The largest absolute Gasteiger partial charge is 0.381 e. The Balaban J connectivity index is 2.29. The first-order chi connectivity index (χ1) is 9.60. The number of halogens is 3. The van der Waals surface area contributed by atoms with Crippen molar-refractivity contribution in [3.05, 3.63) is 36.3 Å². The van der Waals surface area contributed by atoms with Gasteiger partial charge in [0, 0.05) is 47.5 Å². The van der Waals surface area contributed by atoms with E-state index in [0.29, 0.717) is 16.6 Å². The van der Waals surface area contributed by atoms with Gasteiger partial charge in [0.25, 0.3) is 0 Å². The minimum atomic E-state index is -0.690. The van der Waals surface area contributed by atoms with Crippen LogP contribution in [0.25, 0.3) is 22.4 Å². The highest BCUT2D eigenvalue weighted by atomic mass is 127. The topological polar surface area (TPSA) is 69.6 Å². The summed E-state index contributed by atoms with van der Waals surface area (Å²) in [6.07, 6.45) is 3.83. The number of pyridine rings is 1. The lowest BCUT2D eigenvalue weighted by molar-refractivity contribution is 0.620. The maximum atomic E-state index is 13.4. The predicted molar refractivity (Wildman–Crippen MR) is 82.1 cm³/mol. The third-order valence-electron chi connectivity index (χ3n) is 2.67. The van der Waals surface area contributed by atoms with Crippen LogP contribution < -0.4 is 5.73 Å². The molecule has 0 aliphatic carbocycles. The van der Waals surface area contributed by atoms with E-state index in [1.807, 2.05) is 0 Å². The number of hydrogen-bond donors (Lipinski definition) is 1. The lowest BCUT2D eigenvalue weighted by Gasteiger charge is -2.00. The molecule has 0 atom stereocenters. The van der Waals surface area contributed by atoms with Gasteiger partial charge >= 0.3 is 0 Å². The van der Waals surface area contributed by atoms with Gasteiger partial charge < -0.3 is 5.73 Å². The van der Waals surface area contributed by atoms with Crippen molar-refractivity contribution in [2.45, 2.75) is 0 Å². The van der Waals surface area contributed by atoms with Gasteiger partial charge in [-0.25, -0.2) is 23.7 Å². The fourth-order valence-electron chi connectivity index (χ4n) is 1.79. The van der Waals surface area contributed by atoms with Crippen molar-refractivity contribution < 1.29 is 8.78 Å². The summed E-state index contributed by atoms with van der Waals surface area (Å²) < 4.78 is 28.3. The number of nitrogens with two attached hydrogens (primary N) is 1. The third-order valence-corrected chi connectivity index (χ3v) is 4.37. The maximum Gasteiger partial charge on any atom is 0.183 e. The summed E-state index contributed by atoms with van der Waals surface area (Å²) in [5.74, 6) is -1.18. The number of fused-ring (bicyclic) bond motifs is 1. The fraction of sp³-hybridized carbons (Fsp3) is 0. The molecule has 3 rings (SSSR count). The average molecular weight is 405 g/mol. The minimum Gasteiger partial charge on any atom is -0.381 e. The summed E-state index contributed by atoms with van der Waals surface area (Å²) in [7, 11) is 1.37. The molecule has 0 spiro atoms. The van der Waals surface area contributed by atoms with Crippen molar-refractivity contribution in [2.75, 3.05) is 5.73 Å². The van der Waals surface area contributed by atoms with Gasteiger partial charge in [0.15, 0.2) is 23.1 Å². The zero-order valence-electron chi connectivity index (χ0n) is 9.72. The monoisotopic (exact) mass is 405 g/mol. The number of anilines is 1. The van der Waals surface area contributed by atoms with E-state index in [-0.39, 0.29) is 11.6 Å². The van der Waals surface area contributed by atoms with Crippen molar-refractivity contribution >= 4 is 47.2 Å². The lowest BCUT2D eigenvalue weighted by atomic mass is 10.2. The smallest absolute Gasteiger partial charge is 0.183 e. The molecule has 5 nitrogen and oxygen atoms in total. The zero-order valence-corrected chi connectivity index (χ0v) is 12.7. The lowest BCUT2D eigenvalue weighted by Crippen LogP contribution is -1.98. The van der Waals surface area contributed by atoms with Gasteiger partial charge in [-0.3, -0.25) is 3.97 Å². The highest BCUT2D eigenvalue weighted by molar-refractivity contribution is 14.2. The van der Waals surface area contributed by atoms with Crippen molar-refractivity contribution in [2.24, 2.45) is 0 Å². The molecular formula is C11H6F2IN5S. The molecule has 0 aliphatic heterocycles. The van der Waals surface area contributed by atoms with E-state index in [4.69, 9.17) is 5.73 Å². The van der Waals surface area contributed by atoms with E-state index in [1.165, 1.54) is 15.2 Å². The summed E-state index contributed by atoms with van der Waals surface area (Å²) in [5, 5.41) is 0.542. The molecule has 0 aliphatic rings. The number of nitrogen functional groups attached to an aromatic ring is 1. The molecule has 0 saturated carbocycles. The van der Waals surface area contributed by atoms with E-state index in [1.54, 1.807) is 10.2 Å². The van der Waals surface area contributed by atoms with E-state index in [0.717, 1.165) is 12.4 Å². The Morgan fingerprint density at radius 2 is 2.05 bits per heavy atom. The van der Waals surface area contributed by atoms with Gasteiger partial charge in [-0.05, 0) is 6.07 Å². The molecular weight excluding hydrogens is 399 g/mol. The van der Waals surface area contributed by atoms with Crippen LogP contribution in [0.4, 0.5) is 14.6 Å². The van der Waals surface area contributed by atoms with Gasteiger partial charge in [0.1, 0.15) is 5.82 Å². The number of hydrogen-bond acceptors (Lipinski definition) is 5. The fourth-order valence-corrected chi connectivity index (χ4v) is 3.05. The van der Waals surface area contributed by atoms with Crippen LogP contribution in [0.3, 0.4) is 0 Å². The van der Waals surface area contributed by atoms with Crippen molar-refractivity contribution in [3.8, 4) is 11.4 Å². The van der Waals surface area contributed by atoms with Crippen molar-refractivity contribution in [1.82, 2.24) is 18.9 Å². The van der Waals surface area contributed by atoms with Crippen LogP contribution in [0.15, 0.2) is 24.7 Å². The molecule has 20 heavy (non-hydrogen) atoms. The van der Waals surface area contributed by atoms with Crippen LogP contribution in [0.1, 0.15) is 0 Å². The molecule has 0 bridgehead atoms. The molecule has 3 aromatic rings. The van der Waals surface area contributed by atoms with Gasteiger partial charge in [0.2, 0.25) is 0 Å². The summed E-state index contributed by atoms with van der Waals surface area (Å²) in [4.78, 5) is 11.8. The highest BCUT2D eigenvalue weighted by Crippen LogP contribution is 2.32. The summed E-state index contributed by atoms with van der Waals surface area (Å²) in [6.45, 7) is 0. The average Bonchev–Trinajstić information content (AvgIpc) is 2.79. The normalized spacial score (nSPS) is 11.2. The molecule has 2 N–H and O–H groups in total. The standard InChI is InChI=1S/C11H6F2IN5S/c12-5-1-6-7(4-19(20-14)11(6)17-2-5)10-16-3-8(13)9(15)18-10/h1-4H,(H2,15,16,18). The Labute approximate surface area is 128 Å². The Morgan fingerprint density at radius 1 is 1.25 bits per heavy atom. The molecule has 9 heteroatoms. The molecule has 0 radical (unpaired) electrons. The molecule has 0 amide bonds.